The molecule has 1 aromatic rings. The van der Waals surface area contributed by atoms with Crippen LogP contribution in [0.2, 0.25) is 0 Å². The van der Waals surface area contributed by atoms with E-state index in [9.17, 15) is 14.9 Å². The Morgan fingerprint density at radius 2 is 1.77 bits per heavy atom. The summed E-state index contributed by atoms with van der Waals surface area (Å²) in [7, 11) is 0. The van der Waals surface area contributed by atoms with E-state index in [2.05, 4.69) is 9.80 Å². The number of piperidine rings is 1. The smallest absolute Gasteiger partial charge is 0.269 e. The van der Waals surface area contributed by atoms with Crippen molar-refractivity contribution in [3.63, 3.8) is 0 Å². The van der Waals surface area contributed by atoms with Crippen LogP contribution in [0.4, 0.5) is 5.69 Å². The first-order chi connectivity index (χ1) is 12.5. The second-order valence-corrected chi connectivity index (χ2v) is 7.67. The molecule has 0 spiro atoms. The van der Waals surface area contributed by atoms with Crippen LogP contribution in [0.5, 0.6) is 0 Å². The van der Waals surface area contributed by atoms with Gasteiger partial charge in [-0.25, -0.2) is 0 Å². The second-order valence-electron chi connectivity index (χ2n) is 7.67. The average molecular weight is 359 g/mol. The van der Waals surface area contributed by atoms with Crippen molar-refractivity contribution < 1.29 is 9.72 Å². The Bertz CT molecular complexity index is 624. The first-order valence-electron chi connectivity index (χ1n) is 9.77. The van der Waals surface area contributed by atoms with Crippen LogP contribution in [0.1, 0.15) is 51.0 Å². The Kier molecular flexibility index (Phi) is 6.25. The van der Waals surface area contributed by atoms with E-state index in [1.165, 1.54) is 12.8 Å². The number of carbonyl (C=O) groups is 1. The van der Waals surface area contributed by atoms with Crippen LogP contribution in [-0.4, -0.2) is 46.3 Å². The zero-order valence-corrected chi connectivity index (χ0v) is 15.6. The Morgan fingerprint density at radius 3 is 2.38 bits per heavy atom. The fourth-order valence-electron chi connectivity index (χ4n) is 4.49. The van der Waals surface area contributed by atoms with E-state index in [1.54, 1.807) is 19.1 Å². The van der Waals surface area contributed by atoms with Gasteiger partial charge in [0.05, 0.1) is 4.92 Å². The minimum absolute atomic E-state index is 0.144. The molecule has 6 heteroatoms. The second kappa shape index (κ2) is 8.62. The number of non-ortho nitro benzene ring substituents is 1. The van der Waals surface area contributed by atoms with Crippen molar-refractivity contribution in [2.75, 3.05) is 19.6 Å². The van der Waals surface area contributed by atoms with Gasteiger partial charge in [-0.15, -0.1) is 0 Å². The first-order valence-corrected chi connectivity index (χ1v) is 9.77. The standard InChI is InChI=1S/C20H29N3O3/c1-16(24)22-12-4-2-3-5-20(22)18-10-13-21(14-11-18)15-17-6-8-19(9-7-17)23(25)26/h6-9,18,20H,2-5,10-15H2,1H3/t20-/m1/s1. The van der Waals surface area contributed by atoms with Crippen molar-refractivity contribution in [2.24, 2.45) is 5.92 Å². The van der Waals surface area contributed by atoms with E-state index in [0.29, 0.717) is 12.0 Å². The van der Waals surface area contributed by atoms with E-state index in [0.717, 1.165) is 57.4 Å². The van der Waals surface area contributed by atoms with Crippen molar-refractivity contribution in [1.82, 2.24) is 9.80 Å². The summed E-state index contributed by atoms with van der Waals surface area (Å²) >= 11 is 0. The van der Waals surface area contributed by atoms with E-state index < -0.39 is 0 Å². The Labute approximate surface area is 155 Å². The van der Waals surface area contributed by atoms with E-state index in [4.69, 9.17) is 0 Å². The van der Waals surface area contributed by atoms with Gasteiger partial charge < -0.3 is 4.90 Å². The number of nitro groups is 1. The highest BCUT2D eigenvalue weighted by atomic mass is 16.6. The molecular weight excluding hydrogens is 330 g/mol. The molecule has 0 aliphatic carbocycles. The number of likely N-dealkylation sites (tertiary alicyclic amines) is 2. The highest BCUT2D eigenvalue weighted by Crippen LogP contribution is 2.30. The Balaban J connectivity index is 1.54. The minimum Gasteiger partial charge on any atom is -0.340 e. The molecule has 1 amide bonds. The molecule has 26 heavy (non-hydrogen) atoms. The maximum Gasteiger partial charge on any atom is 0.269 e. The molecule has 6 nitrogen and oxygen atoms in total. The first kappa shape index (κ1) is 18.8. The maximum absolute atomic E-state index is 12.1. The summed E-state index contributed by atoms with van der Waals surface area (Å²) in [4.78, 5) is 27.0. The van der Waals surface area contributed by atoms with Gasteiger partial charge in [0.15, 0.2) is 0 Å². The van der Waals surface area contributed by atoms with E-state index >= 15 is 0 Å². The lowest BCUT2D eigenvalue weighted by Gasteiger charge is -2.40. The Hall–Kier alpha value is -1.95. The number of rotatable bonds is 4. The number of carbonyl (C=O) groups excluding carboxylic acids is 1. The third kappa shape index (κ3) is 4.61. The predicted molar refractivity (Wildman–Crippen MR) is 101 cm³/mol. The van der Waals surface area contributed by atoms with Gasteiger partial charge in [-0.1, -0.05) is 25.0 Å². The zero-order valence-electron chi connectivity index (χ0n) is 15.6. The molecule has 1 atom stereocenters. The number of hydrogen-bond donors (Lipinski definition) is 0. The van der Waals surface area contributed by atoms with Crippen LogP contribution in [-0.2, 0) is 11.3 Å². The molecule has 2 aliphatic rings. The lowest BCUT2D eigenvalue weighted by atomic mass is 9.86. The zero-order chi connectivity index (χ0) is 18.5. The molecule has 2 aliphatic heterocycles. The largest absolute Gasteiger partial charge is 0.340 e. The SMILES string of the molecule is CC(=O)N1CCCCC[C@@H]1C1CCN(Cc2ccc([N+](=O)[O-])cc2)CC1. The molecule has 3 rings (SSSR count). The van der Waals surface area contributed by atoms with Crippen LogP contribution in [0.3, 0.4) is 0 Å². The van der Waals surface area contributed by atoms with Crippen LogP contribution in [0, 0.1) is 16.0 Å². The third-order valence-corrected chi connectivity index (χ3v) is 5.93. The molecule has 0 N–H and O–H groups in total. The van der Waals surface area contributed by atoms with Gasteiger partial charge in [-0.2, -0.15) is 0 Å². The molecule has 0 saturated carbocycles. The Morgan fingerprint density at radius 1 is 1.08 bits per heavy atom. The van der Waals surface area contributed by atoms with E-state index in [1.807, 2.05) is 12.1 Å². The van der Waals surface area contributed by atoms with Gasteiger partial charge in [0.25, 0.3) is 5.69 Å². The van der Waals surface area contributed by atoms with Gasteiger partial charge in [-0.05, 0) is 50.3 Å². The van der Waals surface area contributed by atoms with Gasteiger partial charge in [-0.3, -0.25) is 19.8 Å². The van der Waals surface area contributed by atoms with Crippen molar-refractivity contribution in [2.45, 2.75) is 58.0 Å². The van der Waals surface area contributed by atoms with Crippen LogP contribution in [0.15, 0.2) is 24.3 Å². The molecule has 142 valence electrons. The maximum atomic E-state index is 12.1. The lowest BCUT2D eigenvalue weighted by Crippen LogP contribution is -2.47. The quantitative estimate of drug-likeness (QED) is 0.608. The summed E-state index contributed by atoms with van der Waals surface area (Å²) < 4.78 is 0. The fourth-order valence-corrected chi connectivity index (χ4v) is 4.49. The summed E-state index contributed by atoms with van der Waals surface area (Å²) in [5.74, 6) is 0.829. The van der Waals surface area contributed by atoms with Crippen molar-refractivity contribution >= 4 is 11.6 Å². The summed E-state index contributed by atoms with van der Waals surface area (Å²) in [6.07, 6.45) is 7.00. The van der Waals surface area contributed by atoms with Crippen LogP contribution >= 0.6 is 0 Å². The van der Waals surface area contributed by atoms with Gasteiger partial charge in [0.2, 0.25) is 5.91 Å². The molecular formula is C20H29N3O3. The summed E-state index contributed by atoms with van der Waals surface area (Å²) in [5, 5.41) is 10.8. The highest BCUT2D eigenvalue weighted by Gasteiger charge is 2.32. The average Bonchev–Trinajstić information content (AvgIpc) is 2.89. The highest BCUT2D eigenvalue weighted by molar-refractivity contribution is 5.73. The minimum atomic E-state index is -0.358. The number of hydrogen-bond acceptors (Lipinski definition) is 4. The topological polar surface area (TPSA) is 66.7 Å². The molecule has 1 aromatic carbocycles. The third-order valence-electron chi connectivity index (χ3n) is 5.93. The monoisotopic (exact) mass is 359 g/mol. The fraction of sp³-hybridized carbons (Fsp3) is 0.650. The van der Waals surface area contributed by atoms with Crippen LogP contribution in [0.25, 0.3) is 0 Å². The summed E-state index contributed by atoms with van der Waals surface area (Å²) in [6, 6.07) is 7.29. The van der Waals surface area contributed by atoms with Gasteiger partial charge in [0.1, 0.15) is 0 Å². The molecule has 0 radical (unpaired) electrons. The number of nitrogens with zero attached hydrogens (tertiary/aromatic N) is 3. The summed E-state index contributed by atoms with van der Waals surface area (Å²) in [6.45, 7) is 5.53. The van der Waals surface area contributed by atoms with E-state index in [-0.39, 0.29) is 16.5 Å². The lowest BCUT2D eigenvalue weighted by molar-refractivity contribution is -0.384. The normalized spacial score (nSPS) is 22.8. The molecule has 2 saturated heterocycles. The van der Waals surface area contributed by atoms with Crippen LogP contribution < -0.4 is 0 Å². The molecule has 0 aromatic heterocycles. The molecule has 0 bridgehead atoms. The summed E-state index contributed by atoms with van der Waals surface area (Å²) in [5.41, 5.74) is 1.26. The predicted octanol–water partition coefficient (Wildman–Crippen LogP) is 3.60. The van der Waals surface area contributed by atoms with Gasteiger partial charge >= 0.3 is 0 Å². The van der Waals surface area contributed by atoms with Crippen molar-refractivity contribution in [3.05, 3.63) is 39.9 Å². The molecule has 2 fully saturated rings. The van der Waals surface area contributed by atoms with Crippen molar-refractivity contribution in [1.29, 1.82) is 0 Å². The van der Waals surface area contributed by atoms with Crippen molar-refractivity contribution in [3.8, 4) is 0 Å². The number of benzene rings is 1. The van der Waals surface area contributed by atoms with Gasteiger partial charge in [0, 0.05) is 38.2 Å². The number of amides is 1. The molecule has 0 unspecified atom stereocenters. The molecule has 2 heterocycles. The number of nitro benzene ring substituents is 1.